The minimum Gasteiger partial charge on any atom is -0.328 e. The summed E-state index contributed by atoms with van der Waals surface area (Å²) in [5, 5.41) is 2.47. The molecule has 0 amide bonds. The van der Waals surface area contributed by atoms with Crippen LogP contribution in [0.3, 0.4) is 0 Å². The summed E-state index contributed by atoms with van der Waals surface area (Å²) >= 11 is 10.8. The Bertz CT molecular complexity index is 1280. The molecule has 6 heteroatoms. The van der Waals surface area contributed by atoms with Gasteiger partial charge in [0.05, 0.1) is 5.69 Å². The Hall–Kier alpha value is -1.65. The minimum absolute atomic E-state index is 0.322. The summed E-state index contributed by atoms with van der Waals surface area (Å²) in [5.74, 6) is 0. The largest absolute Gasteiger partial charge is 0.328 e. The molecule has 4 aromatic carbocycles. The van der Waals surface area contributed by atoms with Crippen molar-refractivity contribution in [2.24, 2.45) is 4.74 Å². The fraction of sp³-hybridized carbons (Fsp3) is 0.111. The van der Waals surface area contributed by atoms with Gasteiger partial charge in [-0.05, 0) is 97.8 Å². The molecular weight excluding hydrogens is 623 g/mol. The zero-order valence-electron chi connectivity index (χ0n) is 18.0. The third-order valence-corrected chi connectivity index (χ3v) is 11.3. The average Bonchev–Trinajstić information content (AvgIpc) is 3.16. The molecule has 33 heavy (non-hydrogen) atoms. The van der Waals surface area contributed by atoms with E-state index in [1.54, 1.807) is 0 Å². The number of anilines is 1. The number of halogens is 3. The summed E-state index contributed by atoms with van der Waals surface area (Å²) in [4.78, 5) is 0. The van der Waals surface area contributed by atoms with Crippen LogP contribution in [0.5, 0.6) is 0 Å². The molecule has 0 radical (unpaired) electrons. The van der Waals surface area contributed by atoms with Gasteiger partial charge >= 0.3 is 0 Å². The van der Waals surface area contributed by atoms with Crippen LogP contribution in [0.25, 0.3) is 0 Å². The maximum atomic E-state index is 5.65. The second-order valence-corrected chi connectivity index (χ2v) is 13.8. The van der Waals surface area contributed by atoms with E-state index in [0.717, 1.165) is 25.5 Å². The Morgan fingerprint density at radius 2 is 1.18 bits per heavy atom. The maximum Gasteiger partial charge on any atom is 0.118 e. The number of hydrogen-bond acceptors (Lipinski definition) is 1. The highest BCUT2D eigenvalue weighted by Gasteiger charge is 2.40. The van der Waals surface area contributed by atoms with Crippen molar-refractivity contribution < 1.29 is 0 Å². The Balaban J connectivity index is 1.89. The predicted octanol–water partition coefficient (Wildman–Crippen LogP) is 8.82. The van der Waals surface area contributed by atoms with E-state index in [4.69, 9.17) is 4.74 Å². The summed E-state index contributed by atoms with van der Waals surface area (Å²) in [5.41, 5.74) is 3.65. The van der Waals surface area contributed by atoms with Crippen LogP contribution >= 0.6 is 55.0 Å². The first-order chi connectivity index (χ1) is 16.0. The van der Waals surface area contributed by atoms with Gasteiger partial charge in [-0.2, -0.15) is 0 Å². The zero-order valence-corrected chi connectivity index (χ0v) is 23.7. The predicted molar refractivity (Wildman–Crippen MR) is 153 cm³/mol. The summed E-state index contributed by atoms with van der Waals surface area (Å²) in [6, 6.07) is 34.9. The van der Waals surface area contributed by atoms with E-state index in [2.05, 4.69) is 156 Å². The van der Waals surface area contributed by atoms with Gasteiger partial charge in [0.25, 0.3) is 0 Å². The molecule has 1 aliphatic rings. The van der Waals surface area contributed by atoms with Crippen LogP contribution in [0.1, 0.15) is 12.5 Å². The number of nitrogens with zero attached hydrogens (tertiary/aromatic N) is 2. The molecule has 5 rings (SSSR count). The van der Waals surface area contributed by atoms with E-state index in [1.165, 1.54) is 21.9 Å². The monoisotopic (exact) mass is 642 g/mol. The number of para-hydroxylation sites is 1. The van der Waals surface area contributed by atoms with Gasteiger partial charge in [-0.3, -0.25) is 0 Å². The van der Waals surface area contributed by atoms with Gasteiger partial charge < -0.3 is 4.67 Å². The average molecular weight is 645 g/mol. The van der Waals surface area contributed by atoms with Gasteiger partial charge in [-0.1, -0.05) is 66.0 Å². The van der Waals surface area contributed by atoms with Crippen LogP contribution in [0.4, 0.5) is 11.4 Å². The molecule has 0 saturated carbocycles. The molecule has 1 atom stereocenters. The van der Waals surface area contributed by atoms with E-state index in [-0.39, 0.29) is 0 Å². The topological polar surface area (TPSA) is 15.6 Å². The molecule has 0 unspecified atom stereocenters. The molecule has 4 aromatic rings. The molecular formula is C27H22Br3N2P. The number of hydrogen-bond donors (Lipinski definition) is 0. The van der Waals surface area contributed by atoms with E-state index in [1.807, 2.05) is 0 Å². The lowest BCUT2D eigenvalue weighted by Gasteiger charge is -2.40. The number of benzene rings is 4. The molecule has 0 aromatic heterocycles. The van der Waals surface area contributed by atoms with Crippen molar-refractivity contribution in [3.05, 3.63) is 116 Å². The summed E-state index contributed by atoms with van der Waals surface area (Å²) in [7, 11) is -2.41. The first-order valence-electron chi connectivity index (χ1n) is 10.8. The molecule has 2 nitrogen and oxygen atoms in total. The van der Waals surface area contributed by atoms with Gasteiger partial charge in [0.2, 0.25) is 0 Å². The molecule has 0 fully saturated rings. The van der Waals surface area contributed by atoms with Crippen LogP contribution in [0.2, 0.25) is 0 Å². The second kappa shape index (κ2) is 9.54. The maximum absolute atomic E-state index is 5.65. The van der Waals surface area contributed by atoms with Crippen molar-refractivity contribution in [2.75, 3.05) is 4.67 Å². The van der Waals surface area contributed by atoms with Gasteiger partial charge in [0.15, 0.2) is 0 Å². The Labute approximate surface area is 220 Å². The first-order valence-corrected chi connectivity index (χ1v) is 14.8. The van der Waals surface area contributed by atoms with Crippen LogP contribution in [0.15, 0.2) is 115 Å². The highest BCUT2D eigenvalue weighted by Crippen LogP contribution is 2.59. The van der Waals surface area contributed by atoms with Crippen molar-refractivity contribution in [1.29, 1.82) is 0 Å². The number of rotatable bonds is 4. The third-order valence-electron chi connectivity index (χ3n) is 5.94. The van der Waals surface area contributed by atoms with Crippen molar-refractivity contribution in [2.45, 2.75) is 19.4 Å². The fourth-order valence-corrected chi connectivity index (χ4v) is 9.20. The SMILES string of the molecule is C[C@@H]1Cc2ccccc2N1P(=Nc1ccc(Br)cc1)(c1ccc(Br)cc1)c1ccc(Br)cc1. The van der Waals surface area contributed by atoms with E-state index in [9.17, 15) is 0 Å². The lowest BCUT2D eigenvalue weighted by molar-refractivity contribution is 0.789. The Morgan fingerprint density at radius 3 is 1.73 bits per heavy atom. The molecule has 0 bridgehead atoms. The number of fused-ring (bicyclic) bond motifs is 1. The van der Waals surface area contributed by atoms with Crippen LogP contribution in [-0.4, -0.2) is 6.04 Å². The van der Waals surface area contributed by atoms with E-state index >= 15 is 0 Å². The van der Waals surface area contributed by atoms with Crippen molar-refractivity contribution in [3.63, 3.8) is 0 Å². The smallest absolute Gasteiger partial charge is 0.118 e. The molecule has 0 aliphatic carbocycles. The highest BCUT2D eigenvalue weighted by molar-refractivity contribution is 9.11. The van der Waals surface area contributed by atoms with Crippen molar-refractivity contribution in [3.8, 4) is 0 Å². The summed E-state index contributed by atoms with van der Waals surface area (Å²) in [6.07, 6.45) is 1.01. The first kappa shape index (κ1) is 23.1. The van der Waals surface area contributed by atoms with Crippen molar-refractivity contribution in [1.82, 2.24) is 0 Å². The summed E-state index contributed by atoms with van der Waals surface area (Å²) in [6.45, 7) is 2.32. The van der Waals surface area contributed by atoms with Gasteiger partial charge in [0.1, 0.15) is 7.21 Å². The standard InChI is InChI=1S/C27H22Br3N2P/c1-19-18-20-4-2-3-5-27(20)32(19)33(25-14-8-22(29)9-15-25,26-16-10-23(30)11-17-26)31-24-12-6-21(28)7-13-24/h2-17,19H,18H2,1H3/t19-/m1/s1. The summed E-state index contributed by atoms with van der Waals surface area (Å²) < 4.78 is 11.4. The highest BCUT2D eigenvalue weighted by atomic mass is 79.9. The van der Waals surface area contributed by atoms with Crippen molar-refractivity contribution >= 4 is 77.0 Å². The normalized spacial score (nSPS) is 15.4. The lowest BCUT2D eigenvalue weighted by atomic mass is 10.1. The Morgan fingerprint density at radius 1 is 0.697 bits per heavy atom. The van der Waals surface area contributed by atoms with Crippen LogP contribution in [0, 0.1) is 0 Å². The van der Waals surface area contributed by atoms with Gasteiger partial charge in [0, 0.05) is 35.8 Å². The van der Waals surface area contributed by atoms with E-state index < -0.39 is 7.21 Å². The molecule has 166 valence electrons. The minimum atomic E-state index is -2.41. The Kier molecular flexibility index (Phi) is 6.68. The quantitative estimate of drug-likeness (QED) is 0.203. The molecule has 0 N–H and O–H groups in total. The lowest BCUT2D eigenvalue weighted by Crippen LogP contribution is -2.36. The molecule has 1 aliphatic heterocycles. The van der Waals surface area contributed by atoms with Crippen LogP contribution < -0.4 is 15.3 Å². The molecule has 1 heterocycles. The molecule has 0 saturated heterocycles. The third kappa shape index (κ3) is 4.41. The van der Waals surface area contributed by atoms with Crippen LogP contribution in [-0.2, 0) is 6.42 Å². The molecule has 0 spiro atoms. The zero-order chi connectivity index (χ0) is 23.0. The van der Waals surface area contributed by atoms with Gasteiger partial charge in [-0.15, -0.1) is 0 Å². The fourth-order valence-electron chi connectivity index (χ4n) is 4.52. The second-order valence-electron chi connectivity index (χ2n) is 8.16. The van der Waals surface area contributed by atoms with Gasteiger partial charge in [-0.25, -0.2) is 4.74 Å². The van der Waals surface area contributed by atoms with E-state index in [0.29, 0.717) is 6.04 Å².